The van der Waals surface area contributed by atoms with Crippen LogP contribution in [0.2, 0.25) is 0 Å². The Morgan fingerprint density at radius 1 is 1.35 bits per heavy atom. The van der Waals surface area contributed by atoms with E-state index in [1.807, 2.05) is 6.92 Å². The molecule has 2 heterocycles. The van der Waals surface area contributed by atoms with Crippen LogP contribution in [0.25, 0.3) is 11.5 Å². The molecule has 0 fully saturated rings. The van der Waals surface area contributed by atoms with Crippen LogP contribution in [0.4, 0.5) is 0 Å². The Labute approximate surface area is 154 Å². The molecular weight excluding hydrogens is 352 g/mol. The highest BCUT2D eigenvalue weighted by atomic mass is 32.1. The molecule has 0 unspecified atom stereocenters. The predicted octanol–water partition coefficient (Wildman–Crippen LogP) is 2.81. The summed E-state index contributed by atoms with van der Waals surface area (Å²) in [5.41, 5.74) is 3.89. The minimum atomic E-state index is 0.0942. The maximum absolute atomic E-state index is 9.80. The molecule has 0 aliphatic heterocycles. The molecule has 3 aromatic rings. The number of aromatic amines is 2. The molecule has 0 saturated carbocycles. The molecule has 26 heavy (non-hydrogen) atoms. The number of phenols is 1. The van der Waals surface area contributed by atoms with Gasteiger partial charge in [0.05, 0.1) is 12.8 Å². The van der Waals surface area contributed by atoms with E-state index < -0.39 is 0 Å². The molecular formula is C17H18N6O2S. The molecule has 9 heteroatoms. The van der Waals surface area contributed by atoms with Crippen molar-refractivity contribution in [3.05, 3.63) is 39.8 Å². The second-order valence-electron chi connectivity index (χ2n) is 5.95. The Morgan fingerprint density at radius 2 is 2.23 bits per heavy atom. The van der Waals surface area contributed by atoms with Gasteiger partial charge in [0.1, 0.15) is 5.69 Å². The zero-order valence-electron chi connectivity index (χ0n) is 14.2. The molecule has 8 nitrogen and oxygen atoms in total. The number of nitrogens with zero attached hydrogens (tertiary/aromatic N) is 4. The van der Waals surface area contributed by atoms with Crippen molar-refractivity contribution in [3.8, 4) is 23.0 Å². The number of hydrogen-bond donors (Lipinski definition) is 3. The van der Waals surface area contributed by atoms with E-state index in [-0.39, 0.29) is 5.75 Å². The van der Waals surface area contributed by atoms with Gasteiger partial charge in [0.25, 0.3) is 0 Å². The average molecular weight is 370 g/mol. The van der Waals surface area contributed by atoms with Gasteiger partial charge in [-0.25, -0.2) is 5.10 Å². The van der Waals surface area contributed by atoms with E-state index >= 15 is 0 Å². The van der Waals surface area contributed by atoms with E-state index in [0.29, 0.717) is 23.0 Å². The Bertz CT molecular complexity index is 1030. The van der Waals surface area contributed by atoms with Crippen molar-refractivity contribution in [1.29, 1.82) is 0 Å². The third-order valence-electron chi connectivity index (χ3n) is 4.27. The standard InChI is InChI=1S/C17H18N6O2S/c1-2-25-14-8-10(6-7-13(14)24)9-18-23-16(21-22-17(23)26)15-11-4-3-5-12(11)19-20-15/h6-9,24H,2-5H2,1H3,(H,19,20)(H,22,26). The van der Waals surface area contributed by atoms with Crippen molar-refractivity contribution < 1.29 is 9.84 Å². The summed E-state index contributed by atoms with van der Waals surface area (Å²) in [6, 6.07) is 5.04. The number of ether oxygens (including phenoxy) is 1. The first-order valence-electron chi connectivity index (χ1n) is 8.41. The Balaban J connectivity index is 1.69. The first-order chi connectivity index (χ1) is 12.7. The molecule has 0 radical (unpaired) electrons. The summed E-state index contributed by atoms with van der Waals surface area (Å²) >= 11 is 5.31. The highest BCUT2D eigenvalue weighted by molar-refractivity contribution is 7.71. The fourth-order valence-corrected chi connectivity index (χ4v) is 3.24. The lowest BCUT2D eigenvalue weighted by molar-refractivity contribution is 0.318. The van der Waals surface area contributed by atoms with Gasteiger partial charge >= 0.3 is 0 Å². The number of benzene rings is 1. The van der Waals surface area contributed by atoms with Gasteiger partial charge in [0.15, 0.2) is 11.5 Å². The summed E-state index contributed by atoms with van der Waals surface area (Å²) in [5.74, 6) is 1.09. The largest absolute Gasteiger partial charge is 0.504 e. The molecule has 4 rings (SSSR count). The van der Waals surface area contributed by atoms with E-state index in [9.17, 15) is 5.11 Å². The summed E-state index contributed by atoms with van der Waals surface area (Å²) in [6.07, 6.45) is 4.73. The number of aromatic nitrogens is 5. The lowest BCUT2D eigenvalue weighted by atomic mass is 10.2. The number of hydrogen-bond acceptors (Lipinski definition) is 6. The van der Waals surface area contributed by atoms with Crippen LogP contribution in [-0.4, -0.2) is 43.0 Å². The molecule has 0 bridgehead atoms. The number of aryl methyl sites for hydroxylation is 1. The van der Waals surface area contributed by atoms with Gasteiger partial charge in [-0.3, -0.25) is 5.10 Å². The molecule has 0 amide bonds. The van der Waals surface area contributed by atoms with Crippen LogP contribution < -0.4 is 4.74 Å². The number of rotatable bonds is 5. The van der Waals surface area contributed by atoms with Gasteiger partial charge in [0, 0.05) is 11.3 Å². The highest BCUT2D eigenvalue weighted by Crippen LogP contribution is 2.29. The normalized spacial score (nSPS) is 13.4. The summed E-state index contributed by atoms with van der Waals surface area (Å²) < 4.78 is 7.34. The smallest absolute Gasteiger partial charge is 0.216 e. The van der Waals surface area contributed by atoms with E-state index in [1.165, 1.54) is 5.56 Å². The molecule has 3 N–H and O–H groups in total. The van der Waals surface area contributed by atoms with Gasteiger partial charge in [-0.05, 0) is 62.2 Å². The Hall–Kier alpha value is -2.94. The minimum absolute atomic E-state index is 0.0942. The van der Waals surface area contributed by atoms with Gasteiger partial charge in [0.2, 0.25) is 10.6 Å². The molecule has 0 saturated heterocycles. The predicted molar refractivity (Wildman–Crippen MR) is 99.3 cm³/mol. The van der Waals surface area contributed by atoms with E-state index in [4.69, 9.17) is 17.0 Å². The Morgan fingerprint density at radius 3 is 3.08 bits per heavy atom. The lowest BCUT2D eigenvalue weighted by Crippen LogP contribution is -1.98. The van der Waals surface area contributed by atoms with Crippen LogP contribution in [0.1, 0.15) is 30.2 Å². The monoisotopic (exact) mass is 370 g/mol. The van der Waals surface area contributed by atoms with Crippen molar-refractivity contribution in [3.63, 3.8) is 0 Å². The van der Waals surface area contributed by atoms with Crippen molar-refractivity contribution in [2.24, 2.45) is 5.10 Å². The van der Waals surface area contributed by atoms with Crippen LogP contribution in [0.3, 0.4) is 0 Å². The van der Waals surface area contributed by atoms with E-state index in [2.05, 4.69) is 25.5 Å². The van der Waals surface area contributed by atoms with Crippen molar-refractivity contribution in [2.75, 3.05) is 6.61 Å². The second kappa shape index (κ2) is 6.75. The number of nitrogens with one attached hydrogen (secondary N) is 2. The minimum Gasteiger partial charge on any atom is -0.504 e. The van der Waals surface area contributed by atoms with Gasteiger partial charge < -0.3 is 9.84 Å². The summed E-state index contributed by atoms with van der Waals surface area (Å²) in [6.45, 7) is 2.33. The number of aromatic hydroxyl groups is 1. The average Bonchev–Trinajstić information content (AvgIpc) is 3.32. The van der Waals surface area contributed by atoms with E-state index in [0.717, 1.165) is 36.2 Å². The molecule has 0 atom stereocenters. The van der Waals surface area contributed by atoms with Gasteiger partial charge in [-0.1, -0.05) is 0 Å². The van der Waals surface area contributed by atoms with Crippen molar-refractivity contribution >= 4 is 18.4 Å². The fourth-order valence-electron chi connectivity index (χ4n) is 3.06. The van der Waals surface area contributed by atoms with Crippen LogP contribution in [0, 0.1) is 4.77 Å². The summed E-state index contributed by atoms with van der Waals surface area (Å²) in [4.78, 5) is 0. The molecule has 1 aliphatic rings. The third-order valence-corrected chi connectivity index (χ3v) is 4.54. The van der Waals surface area contributed by atoms with Crippen molar-refractivity contribution in [2.45, 2.75) is 26.2 Å². The maximum atomic E-state index is 9.80. The SMILES string of the molecule is CCOc1cc(C=Nn2c(-c3n[nH]c4c3CCC4)n[nH]c2=S)ccc1O. The van der Waals surface area contributed by atoms with E-state index in [1.54, 1.807) is 29.1 Å². The Kier molecular flexibility index (Phi) is 4.29. The second-order valence-corrected chi connectivity index (χ2v) is 6.34. The summed E-state index contributed by atoms with van der Waals surface area (Å²) in [7, 11) is 0. The first kappa shape index (κ1) is 16.5. The number of phenolic OH excluding ortho intramolecular Hbond substituents is 1. The van der Waals surface area contributed by atoms with Gasteiger partial charge in [-0.2, -0.15) is 20.0 Å². The molecule has 134 valence electrons. The highest BCUT2D eigenvalue weighted by Gasteiger charge is 2.23. The topological polar surface area (TPSA) is 104 Å². The van der Waals surface area contributed by atoms with Crippen molar-refractivity contribution in [1.82, 2.24) is 25.1 Å². The third kappa shape index (κ3) is 2.90. The van der Waals surface area contributed by atoms with Crippen LogP contribution in [-0.2, 0) is 12.8 Å². The van der Waals surface area contributed by atoms with Crippen LogP contribution >= 0.6 is 12.2 Å². The number of fused-ring (bicyclic) bond motifs is 1. The fraction of sp³-hybridized carbons (Fsp3) is 0.294. The first-order valence-corrected chi connectivity index (χ1v) is 8.82. The maximum Gasteiger partial charge on any atom is 0.216 e. The lowest BCUT2D eigenvalue weighted by Gasteiger charge is -2.06. The zero-order chi connectivity index (χ0) is 18.1. The quantitative estimate of drug-likeness (QED) is 0.473. The summed E-state index contributed by atoms with van der Waals surface area (Å²) in [5, 5.41) is 28.8. The molecule has 0 spiro atoms. The molecule has 1 aromatic carbocycles. The van der Waals surface area contributed by atoms with Crippen LogP contribution in [0.15, 0.2) is 23.3 Å². The van der Waals surface area contributed by atoms with Gasteiger partial charge in [-0.15, -0.1) is 0 Å². The molecule has 2 aromatic heterocycles. The number of H-pyrrole nitrogens is 2. The zero-order valence-corrected chi connectivity index (χ0v) is 15.0. The molecule has 1 aliphatic carbocycles. The van der Waals surface area contributed by atoms with Crippen LogP contribution in [0.5, 0.6) is 11.5 Å².